The minimum atomic E-state index is 0.00996. The van der Waals surface area contributed by atoms with Gasteiger partial charge in [0, 0.05) is 49.0 Å². The average Bonchev–Trinajstić information content (AvgIpc) is 3.37. The molecule has 1 unspecified atom stereocenters. The molecule has 154 valence electrons. The highest BCUT2D eigenvalue weighted by molar-refractivity contribution is 7.19. The van der Waals surface area contributed by atoms with E-state index >= 15 is 0 Å². The first-order chi connectivity index (χ1) is 14.6. The average molecular weight is 422 g/mol. The third-order valence-electron chi connectivity index (χ3n) is 5.70. The number of fused-ring (bicyclic) bond motifs is 4. The van der Waals surface area contributed by atoms with Gasteiger partial charge in [-0.2, -0.15) is 5.10 Å². The number of nitrogens with two attached hydrogens (primary N) is 1. The van der Waals surface area contributed by atoms with E-state index in [-0.39, 0.29) is 11.8 Å². The molecule has 4 heterocycles. The van der Waals surface area contributed by atoms with Gasteiger partial charge in [0.05, 0.1) is 10.9 Å². The van der Waals surface area contributed by atoms with E-state index in [1.807, 2.05) is 36.0 Å². The van der Waals surface area contributed by atoms with Gasteiger partial charge in [-0.1, -0.05) is 0 Å². The van der Waals surface area contributed by atoms with Gasteiger partial charge < -0.3 is 16.0 Å². The van der Waals surface area contributed by atoms with Crippen molar-refractivity contribution in [3.05, 3.63) is 47.4 Å². The number of aryl methyl sites for hydroxylation is 1. The molecule has 0 aliphatic heterocycles. The molecule has 1 aliphatic carbocycles. The number of aromatic nitrogens is 4. The first-order valence-corrected chi connectivity index (χ1v) is 10.9. The maximum atomic E-state index is 12.7. The summed E-state index contributed by atoms with van der Waals surface area (Å²) in [6.07, 6.45) is 7.74. The Balaban J connectivity index is 1.46. The van der Waals surface area contributed by atoms with Crippen molar-refractivity contribution in [2.75, 3.05) is 25.5 Å². The molecule has 0 aromatic carbocycles. The quantitative estimate of drug-likeness (QED) is 0.514. The summed E-state index contributed by atoms with van der Waals surface area (Å²) in [5.41, 5.74) is 8.85. The number of anilines is 2. The van der Waals surface area contributed by atoms with Crippen LogP contribution in [0.4, 0.5) is 11.5 Å². The molecule has 0 saturated heterocycles. The molecular weight excluding hydrogens is 398 g/mol. The normalized spacial score (nSPS) is 16.0. The Morgan fingerprint density at radius 1 is 1.40 bits per heavy atom. The summed E-state index contributed by atoms with van der Waals surface area (Å²) < 4.78 is 1.83. The number of carbonyl (C=O) groups is 1. The van der Waals surface area contributed by atoms with Crippen LogP contribution in [-0.2, 0) is 17.6 Å². The first-order valence-electron chi connectivity index (χ1n) is 10.0. The van der Waals surface area contributed by atoms with Crippen LogP contribution < -0.4 is 11.1 Å². The number of rotatable bonds is 5. The summed E-state index contributed by atoms with van der Waals surface area (Å²) in [4.78, 5) is 25.7. The Morgan fingerprint density at radius 2 is 2.30 bits per heavy atom. The standard InChI is InChI=1S/C21H23N7OS/c1-27(9-6-22)21(29)13-2-3-16-17(10-13)30-20-18(16)19(23-12-24-20)26-14-5-8-28-15(11-14)4-7-25-28/h4-5,7-8,11-13H,2-3,6,9-10,22H2,1H3,(H,23,24,26). The van der Waals surface area contributed by atoms with Gasteiger partial charge >= 0.3 is 0 Å². The molecule has 9 heteroatoms. The van der Waals surface area contributed by atoms with E-state index in [9.17, 15) is 4.79 Å². The van der Waals surface area contributed by atoms with Crippen molar-refractivity contribution in [1.82, 2.24) is 24.5 Å². The maximum absolute atomic E-state index is 12.7. The highest BCUT2D eigenvalue weighted by Crippen LogP contribution is 2.40. The summed E-state index contributed by atoms with van der Waals surface area (Å²) in [5, 5.41) is 8.77. The molecule has 8 nitrogen and oxygen atoms in total. The lowest BCUT2D eigenvalue weighted by Crippen LogP contribution is -2.38. The lowest BCUT2D eigenvalue weighted by molar-refractivity contribution is -0.134. The zero-order valence-electron chi connectivity index (χ0n) is 16.7. The second kappa shape index (κ2) is 7.66. The van der Waals surface area contributed by atoms with Crippen LogP contribution in [0.25, 0.3) is 15.7 Å². The van der Waals surface area contributed by atoms with E-state index in [1.54, 1.807) is 28.8 Å². The minimum Gasteiger partial charge on any atom is -0.344 e. The molecule has 1 atom stereocenters. The fraction of sp³-hybridized carbons (Fsp3) is 0.333. The molecule has 0 fully saturated rings. The summed E-state index contributed by atoms with van der Waals surface area (Å²) in [6, 6.07) is 5.99. The Hall–Kier alpha value is -3.04. The molecule has 0 saturated carbocycles. The Bertz CT molecular complexity index is 1230. The van der Waals surface area contributed by atoms with Gasteiger partial charge in [0.25, 0.3) is 0 Å². The van der Waals surface area contributed by atoms with Gasteiger partial charge in [0.2, 0.25) is 5.91 Å². The summed E-state index contributed by atoms with van der Waals surface area (Å²) in [6.45, 7) is 1.08. The molecule has 0 radical (unpaired) electrons. The topological polar surface area (TPSA) is 101 Å². The lowest BCUT2D eigenvalue weighted by atomic mass is 9.87. The number of nitrogens with zero attached hydrogens (tertiary/aromatic N) is 5. The molecule has 4 aromatic rings. The number of thiophene rings is 1. The van der Waals surface area contributed by atoms with Crippen LogP contribution >= 0.6 is 11.3 Å². The van der Waals surface area contributed by atoms with E-state index in [0.717, 1.165) is 46.5 Å². The molecule has 1 aliphatic rings. The maximum Gasteiger partial charge on any atom is 0.225 e. The number of hydrogen-bond acceptors (Lipinski definition) is 7. The number of amides is 1. The van der Waals surface area contributed by atoms with Crippen LogP contribution in [0, 0.1) is 5.92 Å². The number of nitrogens with one attached hydrogen (secondary N) is 1. The van der Waals surface area contributed by atoms with Crippen molar-refractivity contribution in [3.63, 3.8) is 0 Å². The van der Waals surface area contributed by atoms with Crippen LogP contribution in [-0.4, -0.2) is 50.5 Å². The van der Waals surface area contributed by atoms with Crippen LogP contribution in [0.3, 0.4) is 0 Å². The largest absolute Gasteiger partial charge is 0.344 e. The highest BCUT2D eigenvalue weighted by atomic mass is 32.1. The third-order valence-corrected chi connectivity index (χ3v) is 6.86. The van der Waals surface area contributed by atoms with E-state index in [4.69, 9.17) is 5.73 Å². The number of hydrogen-bond donors (Lipinski definition) is 2. The Kier molecular flexibility index (Phi) is 4.84. The summed E-state index contributed by atoms with van der Waals surface area (Å²) in [7, 11) is 1.83. The lowest BCUT2D eigenvalue weighted by Gasteiger charge is -2.26. The SMILES string of the molecule is CN(CCN)C(=O)C1CCc2c(sc3ncnc(Nc4ccn5nccc5c4)c23)C1. The Morgan fingerprint density at radius 3 is 3.17 bits per heavy atom. The monoisotopic (exact) mass is 421 g/mol. The molecule has 0 spiro atoms. The van der Waals surface area contributed by atoms with Gasteiger partial charge in [-0.3, -0.25) is 4.79 Å². The van der Waals surface area contributed by atoms with Crippen molar-refractivity contribution in [2.45, 2.75) is 19.3 Å². The molecular formula is C21H23N7OS. The van der Waals surface area contributed by atoms with Gasteiger partial charge in [-0.25, -0.2) is 14.5 Å². The van der Waals surface area contributed by atoms with Crippen molar-refractivity contribution >= 4 is 44.5 Å². The predicted molar refractivity (Wildman–Crippen MR) is 118 cm³/mol. The van der Waals surface area contributed by atoms with E-state index < -0.39 is 0 Å². The van der Waals surface area contributed by atoms with E-state index in [2.05, 4.69) is 20.4 Å². The van der Waals surface area contributed by atoms with Crippen molar-refractivity contribution in [3.8, 4) is 0 Å². The zero-order chi connectivity index (χ0) is 20.7. The molecule has 5 rings (SSSR count). The fourth-order valence-electron chi connectivity index (χ4n) is 4.17. The summed E-state index contributed by atoms with van der Waals surface area (Å²) in [5.74, 6) is 1.00. The van der Waals surface area contributed by atoms with Crippen LogP contribution in [0.5, 0.6) is 0 Å². The van der Waals surface area contributed by atoms with Gasteiger partial charge in [-0.05, 0) is 43.0 Å². The predicted octanol–water partition coefficient (Wildman–Crippen LogP) is 2.60. The number of carbonyl (C=O) groups excluding carboxylic acids is 1. The van der Waals surface area contributed by atoms with Crippen molar-refractivity contribution in [2.24, 2.45) is 11.7 Å². The number of pyridine rings is 1. The van der Waals surface area contributed by atoms with Crippen LogP contribution in [0.1, 0.15) is 16.9 Å². The van der Waals surface area contributed by atoms with E-state index in [0.29, 0.717) is 13.1 Å². The summed E-state index contributed by atoms with van der Waals surface area (Å²) >= 11 is 1.67. The fourth-order valence-corrected chi connectivity index (χ4v) is 5.43. The second-order valence-corrected chi connectivity index (χ2v) is 8.72. The van der Waals surface area contributed by atoms with E-state index in [1.165, 1.54) is 10.4 Å². The van der Waals surface area contributed by atoms with Gasteiger partial charge in [0.1, 0.15) is 17.0 Å². The molecule has 0 bridgehead atoms. The second-order valence-electron chi connectivity index (χ2n) is 7.64. The zero-order valence-corrected chi connectivity index (χ0v) is 17.5. The molecule has 1 amide bonds. The van der Waals surface area contributed by atoms with Gasteiger partial charge in [-0.15, -0.1) is 11.3 Å². The van der Waals surface area contributed by atoms with Crippen LogP contribution in [0.2, 0.25) is 0 Å². The first kappa shape index (κ1) is 19.0. The molecule has 3 N–H and O–H groups in total. The highest BCUT2D eigenvalue weighted by Gasteiger charge is 2.30. The molecule has 30 heavy (non-hydrogen) atoms. The van der Waals surface area contributed by atoms with Crippen LogP contribution in [0.15, 0.2) is 36.9 Å². The van der Waals surface area contributed by atoms with Gasteiger partial charge in [0.15, 0.2) is 0 Å². The number of likely N-dealkylation sites (N-methyl/N-ethyl adjacent to an activating group) is 1. The smallest absolute Gasteiger partial charge is 0.225 e. The third kappa shape index (κ3) is 3.29. The molecule has 4 aromatic heterocycles. The van der Waals surface area contributed by atoms with Crippen molar-refractivity contribution in [1.29, 1.82) is 0 Å². The van der Waals surface area contributed by atoms with Crippen molar-refractivity contribution < 1.29 is 4.79 Å². The Labute approximate surface area is 177 Å². The minimum absolute atomic E-state index is 0.00996.